The number of hydrogen-bond acceptors (Lipinski definition) is 2. The number of benzene rings is 3. The highest BCUT2D eigenvalue weighted by atomic mass is 35.5. The predicted molar refractivity (Wildman–Crippen MR) is 103 cm³/mol. The number of rotatable bonds is 3. The summed E-state index contributed by atoms with van der Waals surface area (Å²) in [4.78, 5) is 17.3. The van der Waals surface area contributed by atoms with Crippen molar-refractivity contribution < 1.29 is 4.79 Å². The van der Waals surface area contributed by atoms with Gasteiger partial charge in [-0.15, -0.1) is 0 Å². The highest BCUT2D eigenvalue weighted by Gasteiger charge is 2.17. The van der Waals surface area contributed by atoms with Crippen molar-refractivity contribution in [3.8, 4) is 0 Å². The van der Waals surface area contributed by atoms with Crippen molar-refractivity contribution >= 4 is 40.4 Å². The number of carbonyl (C=O) groups excluding carboxylic acids is 1. The molecule has 1 heterocycles. The molecule has 0 bridgehead atoms. The molecule has 0 atom stereocenters. The fraction of sp³-hybridized carbons (Fsp3) is 0.0476. The molecule has 4 rings (SSSR count). The van der Waals surface area contributed by atoms with Gasteiger partial charge in [-0.25, -0.2) is 0 Å². The minimum atomic E-state index is -0.143. The summed E-state index contributed by atoms with van der Waals surface area (Å²) in [5.41, 5.74) is 5.26. The van der Waals surface area contributed by atoms with E-state index in [1.807, 2.05) is 30.3 Å². The van der Waals surface area contributed by atoms with Crippen LogP contribution in [0.1, 0.15) is 27.0 Å². The Morgan fingerprint density at radius 1 is 0.920 bits per heavy atom. The summed E-state index contributed by atoms with van der Waals surface area (Å²) in [6, 6.07) is 20.5. The molecule has 0 N–H and O–H groups in total. The van der Waals surface area contributed by atoms with E-state index in [2.05, 4.69) is 11.1 Å². The first-order chi connectivity index (χ1) is 12.1. The summed E-state index contributed by atoms with van der Waals surface area (Å²) in [5, 5.41) is 0.886. The molecule has 3 aromatic carbocycles. The Kier molecular flexibility index (Phi) is 4.16. The van der Waals surface area contributed by atoms with Gasteiger partial charge in [0.1, 0.15) is 0 Å². The number of halogens is 2. The van der Waals surface area contributed by atoms with Gasteiger partial charge in [0, 0.05) is 22.6 Å². The van der Waals surface area contributed by atoms with Gasteiger partial charge in [-0.3, -0.25) is 9.79 Å². The van der Waals surface area contributed by atoms with Crippen LogP contribution in [0.15, 0.2) is 71.7 Å². The summed E-state index contributed by atoms with van der Waals surface area (Å²) in [7, 11) is 0. The molecule has 0 fully saturated rings. The summed E-state index contributed by atoms with van der Waals surface area (Å²) >= 11 is 12.1. The average Bonchev–Trinajstić information content (AvgIpc) is 3.07. The van der Waals surface area contributed by atoms with Crippen molar-refractivity contribution in [1.82, 2.24) is 0 Å². The molecule has 0 saturated carbocycles. The van der Waals surface area contributed by atoms with E-state index in [9.17, 15) is 4.79 Å². The van der Waals surface area contributed by atoms with Crippen LogP contribution >= 0.6 is 23.2 Å². The third-order valence-electron chi connectivity index (χ3n) is 4.26. The Labute approximate surface area is 155 Å². The molecule has 1 aliphatic rings. The molecule has 0 aliphatic carbocycles. The number of hydrogen-bond donors (Lipinski definition) is 0. The van der Waals surface area contributed by atoms with Crippen LogP contribution in [0.25, 0.3) is 0 Å². The SMILES string of the molecule is O=C(c1ccc(C2=Nc3ccccc3C2)cc1)c1cc(Cl)ccc1Cl. The second-order valence-electron chi connectivity index (χ2n) is 5.89. The highest BCUT2D eigenvalue weighted by Crippen LogP contribution is 2.29. The van der Waals surface area contributed by atoms with Crippen molar-refractivity contribution in [2.75, 3.05) is 0 Å². The van der Waals surface area contributed by atoms with Crippen LogP contribution in [0, 0.1) is 0 Å². The zero-order valence-electron chi connectivity index (χ0n) is 13.2. The largest absolute Gasteiger partial charge is 0.289 e. The highest BCUT2D eigenvalue weighted by molar-refractivity contribution is 6.36. The van der Waals surface area contributed by atoms with Gasteiger partial charge in [0.25, 0.3) is 0 Å². The van der Waals surface area contributed by atoms with E-state index >= 15 is 0 Å². The lowest BCUT2D eigenvalue weighted by Gasteiger charge is -2.06. The maximum absolute atomic E-state index is 12.7. The maximum atomic E-state index is 12.7. The minimum absolute atomic E-state index is 0.143. The summed E-state index contributed by atoms with van der Waals surface area (Å²) in [6.07, 6.45) is 0.809. The molecule has 2 nitrogen and oxygen atoms in total. The maximum Gasteiger partial charge on any atom is 0.194 e. The predicted octanol–water partition coefficient (Wildman–Crippen LogP) is 5.90. The molecule has 0 saturated heterocycles. The zero-order valence-corrected chi connectivity index (χ0v) is 14.7. The first-order valence-electron chi connectivity index (χ1n) is 7.87. The Hall–Kier alpha value is -2.42. The first-order valence-corrected chi connectivity index (χ1v) is 8.63. The zero-order chi connectivity index (χ0) is 17.4. The molecule has 122 valence electrons. The van der Waals surface area contributed by atoms with Crippen LogP contribution < -0.4 is 0 Å². The Morgan fingerprint density at radius 2 is 1.68 bits per heavy atom. The van der Waals surface area contributed by atoms with Gasteiger partial charge in [-0.05, 0) is 35.4 Å². The van der Waals surface area contributed by atoms with Crippen LogP contribution in [-0.4, -0.2) is 11.5 Å². The van der Waals surface area contributed by atoms with Crippen LogP contribution in [0.4, 0.5) is 5.69 Å². The van der Waals surface area contributed by atoms with Gasteiger partial charge >= 0.3 is 0 Å². The van der Waals surface area contributed by atoms with Crippen molar-refractivity contribution in [3.63, 3.8) is 0 Å². The molecular weight excluding hydrogens is 353 g/mol. The smallest absolute Gasteiger partial charge is 0.194 e. The Morgan fingerprint density at radius 3 is 2.44 bits per heavy atom. The van der Waals surface area contributed by atoms with Gasteiger partial charge in [-0.2, -0.15) is 0 Å². The standard InChI is InChI=1S/C21H13Cl2NO/c22-16-9-10-18(23)17(12-16)21(25)14-7-5-13(6-8-14)20-11-15-3-1-2-4-19(15)24-20/h1-10,12H,11H2. The van der Waals surface area contributed by atoms with E-state index in [0.717, 1.165) is 23.4 Å². The minimum Gasteiger partial charge on any atom is -0.289 e. The monoisotopic (exact) mass is 365 g/mol. The third-order valence-corrected chi connectivity index (χ3v) is 4.82. The number of carbonyl (C=O) groups is 1. The summed E-state index contributed by atoms with van der Waals surface area (Å²) in [6.45, 7) is 0. The average molecular weight is 366 g/mol. The van der Waals surface area contributed by atoms with Gasteiger partial charge in [-0.1, -0.05) is 65.7 Å². The Bertz CT molecular complexity index is 1010. The number of para-hydroxylation sites is 1. The van der Waals surface area contributed by atoms with Crippen molar-refractivity contribution in [1.29, 1.82) is 0 Å². The molecule has 4 heteroatoms. The molecule has 0 amide bonds. The molecular formula is C21H13Cl2NO. The van der Waals surface area contributed by atoms with Crippen LogP contribution in [0.3, 0.4) is 0 Å². The van der Waals surface area contributed by atoms with E-state index < -0.39 is 0 Å². The first kappa shape index (κ1) is 16.1. The topological polar surface area (TPSA) is 29.4 Å². The van der Waals surface area contributed by atoms with E-state index in [0.29, 0.717) is 21.2 Å². The van der Waals surface area contributed by atoms with Gasteiger partial charge in [0.15, 0.2) is 5.78 Å². The third kappa shape index (κ3) is 3.11. The van der Waals surface area contributed by atoms with Gasteiger partial charge in [0.2, 0.25) is 0 Å². The summed E-state index contributed by atoms with van der Waals surface area (Å²) < 4.78 is 0. The van der Waals surface area contributed by atoms with Crippen molar-refractivity contribution in [3.05, 3.63) is 99.0 Å². The fourth-order valence-corrected chi connectivity index (χ4v) is 3.32. The quantitative estimate of drug-likeness (QED) is 0.531. The normalized spacial score (nSPS) is 12.6. The second kappa shape index (κ2) is 6.47. The Balaban J connectivity index is 1.61. The van der Waals surface area contributed by atoms with Crippen LogP contribution in [0.2, 0.25) is 10.0 Å². The number of aliphatic imine (C=N–C) groups is 1. The van der Waals surface area contributed by atoms with Crippen LogP contribution in [-0.2, 0) is 6.42 Å². The second-order valence-corrected chi connectivity index (χ2v) is 6.74. The molecule has 0 aromatic heterocycles. The molecule has 1 aliphatic heterocycles. The van der Waals surface area contributed by atoms with Crippen molar-refractivity contribution in [2.45, 2.75) is 6.42 Å². The fourth-order valence-electron chi connectivity index (χ4n) is 2.94. The summed E-state index contributed by atoms with van der Waals surface area (Å²) in [5.74, 6) is -0.143. The van der Waals surface area contributed by atoms with E-state index in [1.165, 1.54) is 5.56 Å². The lowest BCUT2D eigenvalue weighted by molar-refractivity contribution is 0.103. The number of fused-ring (bicyclic) bond motifs is 1. The molecule has 0 radical (unpaired) electrons. The number of nitrogens with zero attached hydrogens (tertiary/aromatic N) is 1. The van der Waals surface area contributed by atoms with E-state index in [4.69, 9.17) is 23.2 Å². The lowest BCUT2D eigenvalue weighted by atomic mass is 9.99. The molecule has 25 heavy (non-hydrogen) atoms. The molecule has 0 unspecified atom stereocenters. The number of ketones is 1. The van der Waals surface area contributed by atoms with E-state index in [-0.39, 0.29) is 5.78 Å². The lowest BCUT2D eigenvalue weighted by Crippen LogP contribution is -2.04. The van der Waals surface area contributed by atoms with Crippen LogP contribution in [0.5, 0.6) is 0 Å². The molecule has 0 spiro atoms. The van der Waals surface area contributed by atoms with Gasteiger partial charge in [0.05, 0.1) is 16.4 Å². The molecule has 3 aromatic rings. The van der Waals surface area contributed by atoms with Crippen molar-refractivity contribution in [2.24, 2.45) is 4.99 Å². The van der Waals surface area contributed by atoms with E-state index in [1.54, 1.807) is 30.3 Å². The van der Waals surface area contributed by atoms with Gasteiger partial charge < -0.3 is 0 Å².